The molecule has 0 radical (unpaired) electrons. The lowest BCUT2D eigenvalue weighted by Gasteiger charge is -2.33. The molecule has 1 heterocycles. The molecule has 0 saturated heterocycles. The fraction of sp³-hybridized carbons (Fsp3) is 0.750. The Morgan fingerprint density at radius 2 is 2.28 bits per heavy atom. The second kappa shape index (κ2) is 5.95. The van der Waals surface area contributed by atoms with Crippen LogP contribution in [0.1, 0.15) is 26.6 Å². The summed E-state index contributed by atoms with van der Waals surface area (Å²) >= 11 is 0. The number of aromatic nitrogens is 3. The van der Waals surface area contributed by atoms with Crippen LogP contribution in [0.25, 0.3) is 0 Å². The molecule has 0 fully saturated rings. The molecule has 102 valence electrons. The van der Waals surface area contributed by atoms with Gasteiger partial charge in [0.25, 0.3) is 0 Å². The average Bonchev–Trinajstić information content (AvgIpc) is 2.71. The number of hydrogen-bond donors (Lipinski definition) is 1. The van der Waals surface area contributed by atoms with Gasteiger partial charge in [-0.2, -0.15) is 5.10 Å². The van der Waals surface area contributed by atoms with Gasteiger partial charge in [-0.1, -0.05) is 13.8 Å². The number of esters is 1. The topological polar surface area (TPSA) is 83.0 Å². The highest BCUT2D eigenvalue weighted by Crippen LogP contribution is 2.31. The van der Waals surface area contributed by atoms with E-state index in [0.717, 1.165) is 5.82 Å². The van der Waals surface area contributed by atoms with Gasteiger partial charge < -0.3 is 10.5 Å². The van der Waals surface area contributed by atoms with Crippen molar-refractivity contribution < 1.29 is 9.53 Å². The van der Waals surface area contributed by atoms with Crippen molar-refractivity contribution in [3.05, 3.63) is 12.2 Å². The maximum atomic E-state index is 12.2. The molecule has 0 bridgehead atoms. The highest BCUT2D eigenvalue weighted by atomic mass is 16.5. The van der Waals surface area contributed by atoms with Crippen molar-refractivity contribution in [2.75, 3.05) is 13.2 Å². The summed E-state index contributed by atoms with van der Waals surface area (Å²) in [6.45, 7) is 6.32. The van der Waals surface area contributed by atoms with Gasteiger partial charge in [0.15, 0.2) is 0 Å². The van der Waals surface area contributed by atoms with E-state index in [9.17, 15) is 4.79 Å². The molecule has 1 aromatic rings. The highest BCUT2D eigenvalue weighted by Gasteiger charge is 2.43. The number of aryl methyl sites for hydroxylation is 1. The summed E-state index contributed by atoms with van der Waals surface area (Å²) in [6.07, 6.45) is 1.92. The van der Waals surface area contributed by atoms with Crippen LogP contribution in [0, 0.1) is 11.3 Å². The molecule has 0 amide bonds. The van der Waals surface area contributed by atoms with Gasteiger partial charge in [0, 0.05) is 20.0 Å². The second-order valence-corrected chi connectivity index (χ2v) is 4.71. The summed E-state index contributed by atoms with van der Waals surface area (Å²) in [7, 11) is 1.80. The standard InChI is InChI=1S/C12H22N4O2/c1-5-18-11(17)12(7-13,9(2)3)6-10-14-8-15-16(10)4/h8-9H,5-7,13H2,1-4H3. The van der Waals surface area contributed by atoms with Gasteiger partial charge in [0.05, 0.1) is 12.0 Å². The first-order valence-electron chi connectivity index (χ1n) is 6.18. The second-order valence-electron chi connectivity index (χ2n) is 4.71. The zero-order valence-corrected chi connectivity index (χ0v) is 11.5. The smallest absolute Gasteiger partial charge is 0.314 e. The maximum absolute atomic E-state index is 12.2. The van der Waals surface area contributed by atoms with Crippen molar-refractivity contribution in [2.24, 2.45) is 24.1 Å². The third kappa shape index (κ3) is 2.69. The van der Waals surface area contributed by atoms with E-state index in [2.05, 4.69) is 10.1 Å². The minimum absolute atomic E-state index is 0.0678. The van der Waals surface area contributed by atoms with E-state index in [-0.39, 0.29) is 18.4 Å². The van der Waals surface area contributed by atoms with Crippen LogP contribution in [-0.4, -0.2) is 33.9 Å². The molecular weight excluding hydrogens is 232 g/mol. The molecule has 18 heavy (non-hydrogen) atoms. The van der Waals surface area contributed by atoms with Gasteiger partial charge in [-0.25, -0.2) is 4.98 Å². The predicted molar refractivity (Wildman–Crippen MR) is 67.7 cm³/mol. The Balaban J connectivity index is 3.04. The molecule has 2 N–H and O–H groups in total. The van der Waals surface area contributed by atoms with Crippen molar-refractivity contribution in [1.29, 1.82) is 0 Å². The van der Waals surface area contributed by atoms with Crippen LogP contribution in [-0.2, 0) is 23.0 Å². The quantitative estimate of drug-likeness (QED) is 0.748. The monoisotopic (exact) mass is 254 g/mol. The van der Waals surface area contributed by atoms with Crippen molar-refractivity contribution >= 4 is 5.97 Å². The Morgan fingerprint density at radius 3 is 2.67 bits per heavy atom. The van der Waals surface area contributed by atoms with Gasteiger partial charge >= 0.3 is 5.97 Å². The molecule has 6 heteroatoms. The van der Waals surface area contributed by atoms with Gasteiger partial charge in [-0.3, -0.25) is 9.48 Å². The van der Waals surface area contributed by atoms with E-state index in [1.54, 1.807) is 18.7 Å². The van der Waals surface area contributed by atoms with Crippen molar-refractivity contribution in [1.82, 2.24) is 14.8 Å². The van der Waals surface area contributed by atoms with Crippen LogP contribution >= 0.6 is 0 Å². The number of ether oxygens (including phenoxy) is 1. The number of nitrogens with zero attached hydrogens (tertiary/aromatic N) is 3. The number of hydrogen-bond acceptors (Lipinski definition) is 5. The van der Waals surface area contributed by atoms with E-state index >= 15 is 0 Å². The first-order chi connectivity index (χ1) is 8.47. The summed E-state index contributed by atoms with van der Waals surface area (Å²) < 4.78 is 6.83. The molecule has 0 aliphatic carbocycles. The van der Waals surface area contributed by atoms with Crippen LogP contribution < -0.4 is 5.73 Å². The van der Waals surface area contributed by atoms with E-state index in [1.165, 1.54) is 6.33 Å². The Hall–Kier alpha value is -1.43. The van der Waals surface area contributed by atoms with E-state index in [4.69, 9.17) is 10.5 Å². The minimum atomic E-state index is -0.739. The zero-order chi connectivity index (χ0) is 13.8. The molecule has 0 aromatic carbocycles. The van der Waals surface area contributed by atoms with Crippen LogP contribution in [0.15, 0.2) is 6.33 Å². The van der Waals surface area contributed by atoms with Crippen molar-refractivity contribution in [2.45, 2.75) is 27.2 Å². The SMILES string of the molecule is CCOC(=O)C(CN)(Cc1ncnn1C)C(C)C. The normalized spacial score (nSPS) is 14.6. The minimum Gasteiger partial charge on any atom is -0.466 e. The van der Waals surface area contributed by atoms with Crippen LogP contribution in [0.4, 0.5) is 0 Å². The largest absolute Gasteiger partial charge is 0.466 e. The van der Waals surface area contributed by atoms with Crippen molar-refractivity contribution in [3.8, 4) is 0 Å². The number of nitrogens with two attached hydrogens (primary N) is 1. The Kier molecular flexibility index (Phi) is 4.84. The molecule has 1 aromatic heterocycles. The lowest BCUT2D eigenvalue weighted by atomic mass is 9.74. The lowest BCUT2D eigenvalue weighted by molar-refractivity contribution is -0.157. The predicted octanol–water partition coefficient (Wildman–Crippen LogP) is 0.522. The van der Waals surface area contributed by atoms with E-state index < -0.39 is 5.41 Å². The fourth-order valence-corrected chi connectivity index (χ4v) is 1.94. The summed E-state index contributed by atoms with van der Waals surface area (Å²) in [4.78, 5) is 16.4. The fourth-order valence-electron chi connectivity index (χ4n) is 1.94. The third-order valence-corrected chi connectivity index (χ3v) is 3.43. The Morgan fingerprint density at radius 1 is 1.61 bits per heavy atom. The number of carbonyl (C=O) groups excluding carboxylic acids is 1. The molecule has 1 rings (SSSR count). The lowest BCUT2D eigenvalue weighted by Crippen LogP contribution is -2.46. The van der Waals surface area contributed by atoms with Crippen LogP contribution in [0.3, 0.4) is 0 Å². The molecular formula is C12H22N4O2. The first-order valence-corrected chi connectivity index (χ1v) is 6.18. The zero-order valence-electron chi connectivity index (χ0n) is 11.5. The maximum Gasteiger partial charge on any atom is 0.314 e. The third-order valence-electron chi connectivity index (χ3n) is 3.43. The van der Waals surface area contributed by atoms with E-state index in [0.29, 0.717) is 13.0 Å². The first kappa shape index (κ1) is 14.6. The van der Waals surface area contributed by atoms with E-state index in [1.807, 2.05) is 13.8 Å². The summed E-state index contributed by atoms with van der Waals surface area (Å²) in [5.41, 5.74) is 5.11. The van der Waals surface area contributed by atoms with Gasteiger partial charge in [0.2, 0.25) is 0 Å². The molecule has 1 unspecified atom stereocenters. The van der Waals surface area contributed by atoms with Gasteiger partial charge in [0.1, 0.15) is 12.2 Å². The van der Waals surface area contributed by atoms with Crippen LogP contribution in [0.2, 0.25) is 0 Å². The Bertz CT molecular complexity index is 403. The van der Waals surface area contributed by atoms with Gasteiger partial charge in [-0.15, -0.1) is 0 Å². The number of rotatable bonds is 6. The highest BCUT2D eigenvalue weighted by molar-refractivity contribution is 5.77. The molecule has 0 saturated carbocycles. The Labute approximate surface area is 108 Å². The average molecular weight is 254 g/mol. The summed E-state index contributed by atoms with van der Waals surface area (Å²) in [6, 6.07) is 0. The molecule has 0 spiro atoms. The van der Waals surface area contributed by atoms with Crippen molar-refractivity contribution in [3.63, 3.8) is 0 Å². The summed E-state index contributed by atoms with van der Waals surface area (Å²) in [5.74, 6) is 0.547. The number of carbonyl (C=O) groups is 1. The molecule has 1 atom stereocenters. The summed E-state index contributed by atoms with van der Waals surface area (Å²) in [5, 5.41) is 4.01. The molecule has 0 aliphatic rings. The van der Waals surface area contributed by atoms with Crippen LogP contribution in [0.5, 0.6) is 0 Å². The van der Waals surface area contributed by atoms with Gasteiger partial charge in [-0.05, 0) is 12.8 Å². The molecule has 6 nitrogen and oxygen atoms in total. The molecule has 0 aliphatic heterocycles.